The smallest absolute Gasteiger partial charge is 0.223 e. The van der Waals surface area contributed by atoms with Gasteiger partial charge in [-0.2, -0.15) is 0 Å². The zero-order valence-electron chi connectivity index (χ0n) is 8.29. The minimum atomic E-state index is 0.0608. The predicted molar refractivity (Wildman–Crippen MR) is 58.7 cm³/mol. The quantitative estimate of drug-likeness (QED) is 0.745. The second-order valence-corrected chi connectivity index (χ2v) is 4.49. The lowest BCUT2D eigenvalue weighted by Crippen LogP contribution is -2.26. The molecular weight excluding hydrogens is 220 g/mol. The lowest BCUT2D eigenvalue weighted by molar-refractivity contribution is -0.130. The zero-order chi connectivity index (χ0) is 10.6. The number of thiazole rings is 1. The van der Waals surface area contributed by atoms with Crippen molar-refractivity contribution in [2.75, 3.05) is 12.9 Å². The highest BCUT2D eigenvalue weighted by Gasteiger charge is 2.09. The van der Waals surface area contributed by atoms with E-state index >= 15 is 0 Å². The number of halogens is 1. The van der Waals surface area contributed by atoms with E-state index in [1.165, 1.54) is 0 Å². The molecule has 0 aliphatic carbocycles. The average molecular weight is 233 g/mol. The second-order valence-electron chi connectivity index (χ2n) is 3.05. The molecule has 0 atom stereocenters. The zero-order valence-corrected chi connectivity index (χ0v) is 9.86. The molecule has 78 valence electrons. The number of nitrogens with zero attached hydrogens (tertiary/aromatic N) is 2. The maximum absolute atomic E-state index is 11.4. The fourth-order valence-electron chi connectivity index (χ4n) is 1.08. The van der Waals surface area contributed by atoms with E-state index in [1.807, 2.05) is 12.3 Å². The van der Waals surface area contributed by atoms with E-state index in [4.69, 9.17) is 11.6 Å². The molecular formula is C9H13ClN2OS. The summed E-state index contributed by atoms with van der Waals surface area (Å²) < 4.78 is 0. The van der Waals surface area contributed by atoms with Crippen LogP contribution in [0.5, 0.6) is 0 Å². The lowest BCUT2D eigenvalue weighted by Gasteiger charge is -2.14. The first-order valence-electron chi connectivity index (χ1n) is 4.34. The number of aryl methyl sites for hydroxylation is 1. The number of carbonyl (C=O) groups excluding carboxylic acids is 1. The minimum absolute atomic E-state index is 0.0608. The van der Waals surface area contributed by atoms with Gasteiger partial charge in [0.05, 0.1) is 17.2 Å². The van der Waals surface area contributed by atoms with Gasteiger partial charge >= 0.3 is 0 Å². The highest BCUT2D eigenvalue weighted by Crippen LogP contribution is 2.10. The Bertz CT molecular complexity index is 314. The molecule has 0 aromatic carbocycles. The molecule has 1 heterocycles. The van der Waals surface area contributed by atoms with Gasteiger partial charge in [0.15, 0.2) is 0 Å². The van der Waals surface area contributed by atoms with Crippen LogP contribution >= 0.6 is 22.9 Å². The monoisotopic (exact) mass is 232 g/mol. The maximum atomic E-state index is 11.4. The first-order chi connectivity index (χ1) is 6.63. The Labute approximate surface area is 92.7 Å². The van der Waals surface area contributed by atoms with Crippen LogP contribution in [-0.4, -0.2) is 28.7 Å². The van der Waals surface area contributed by atoms with E-state index < -0.39 is 0 Å². The van der Waals surface area contributed by atoms with Crippen LogP contribution in [0.2, 0.25) is 0 Å². The fourth-order valence-corrected chi connectivity index (χ4v) is 1.85. The van der Waals surface area contributed by atoms with Crippen molar-refractivity contribution in [1.82, 2.24) is 9.88 Å². The number of alkyl halides is 1. The van der Waals surface area contributed by atoms with Crippen LogP contribution in [0.1, 0.15) is 17.1 Å². The lowest BCUT2D eigenvalue weighted by atomic mass is 10.4. The van der Waals surface area contributed by atoms with Gasteiger partial charge in [0.2, 0.25) is 5.91 Å². The molecule has 0 saturated carbocycles. The predicted octanol–water partition coefficient (Wildman–Crippen LogP) is 2.04. The van der Waals surface area contributed by atoms with Crippen molar-refractivity contribution in [2.45, 2.75) is 19.9 Å². The topological polar surface area (TPSA) is 33.2 Å². The SMILES string of the molecule is Cc1nc(CN(C)C(=O)CCCl)cs1. The molecule has 3 nitrogen and oxygen atoms in total. The van der Waals surface area contributed by atoms with E-state index in [2.05, 4.69) is 4.98 Å². The number of hydrogen-bond acceptors (Lipinski definition) is 3. The molecule has 0 aliphatic rings. The van der Waals surface area contributed by atoms with Crippen LogP contribution < -0.4 is 0 Å². The molecule has 1 amide bonds. The summed E-state index contributed by atoms with van der Waals surface area (Å²) >= 11 is 7.08. The molecule has 0 aliphatic heterocycles. The summed E-state index contributed by atoms with van der Waals surface area (Å²) in [4.78, 5) is 17.3. The number of hydrogen-bond donors (Lipinski definition) is 0. The Balaban J connectivity index is 2.48. The molecule has 0 spiro atoms. The van der Waals surface area contributed by atoms with Crippen LogP contribution in [0, 0.1) is 6.92 Å². The van der Waals surface area contributed by atoms with Crippen molar-refractivity contribution < 1.29 is 4.79 Å². The van der Waals surface area contributed by atoms with Crippen LogP contribution in [0.4, 0.5) is 0 Å². The van der Waals surface area contributed by atoms with Gasteiger partial charge in [-0.3, -0.25) is 4.79 Å². The first-order valence-corrected chi connectivity index (χ1v) is 5.76. The maximum Gasteiger partial charge on any atom is 0.223 e. The van der Waals surface area contributed by atoms with Crippen LogP contribution in [0.15, 0.2) is 5.38 Å². The Morgan fingerprint density at radius 1 is 1.71 bits per heavy atom. The molecule has 0 bridgehead atoms. The first kappa shape index (κ1) is 11.5. The highest BCUT2D eigenvalue weighted by atomic mass is 35.5. The molecule has 0 unspecified atom stereocenters. The molecule has 0 radical (unpaired) electrons. The van der Waals surface area contributed by atoms with Crippen LogP contribution in [0.25, 0.3) is 0 Å². The van der Waals surface area contributed by atoms with Crippen molar-refractivity contribution >= 4 is 28.8 Å². The van der Waals surface area contributed by atoms with Gasteiger partial charge in [-0.1, -0.05) is 0 Å². The minimum Gasteiger partial charge on any atom is -0.340 e. The molecule has 0 fully saturated rings. The third-order valence-corrected chi connectivity index (χ3v) is 2.81. The summed E-state index contributed by atoms with van der Waals surface area (Å²) in [5.74, 6) is 0.435. The van der Waals surface area contributed by atoms with Crippen molar-refractivity contribution in [2.24, 2.45) is 0 Å². The molecule has 1 aromatic rings. The van der Waals surface area contributed by atoms with Crippen LogP contribution in [0.3, 0.4) is 0 Å². The largest absolute Gasteiger partial charge is 0.340 e. The standard InChI is InChI=1S/C9H13ClN2OS/c1-7-11-8(6-14-7)5-12(2)9(13)3-4-10/h6H,3-5H2,1-2H3. The molecule has 1 aromatic heterocycles. The summed E-state index contributed by atoms with van der Waals surface area (Å²) in [7, 11) is 1.77. The summed E-state index contributed by atoms with van der Waals surface area (Å²) in [6.45, 7) is 2.52. The fraction of sp³-hybridized carbons (Fsp3) is 0.556. The third-order valence-electron chi connectivity index (χ3n) is 1.80. The third kappa shape index (κ3) is 3.27. The Morgan fingerprint density at radius 3 is 2.93 bits per heavy atom. The van der Waals surface area contributed by atoms with Crippen molar-refractivity contribution in [3.05, 3.63) is 16.1 Å². The summed E-state index contributed by atoms with van der Waals surface area (Å²) in [5.41, 5.74) is 0.943. The van der Waals surface area contributed by atoms with E-state index in [0.717, 1.165) is 10.7 Å². The van der Waals surface area contributed by atoms with Crippen molar-refractivity contribution in [1.29, 1.82) is 0 Å². The van der Waals surface area contributed by atoms with Gasteiger partial charge in [0, 0.05) is 24.7 Å². The number of rotatable bonds is 4. The van der Waals surface area contributed by atoms with Gasteiger partial charge < -0.3 is 4.90 Å². The normalized spacial score (nSPS) is 10.2. The molecule has 0 N–H and O–H groups in total. The number of aromatic nitrogens is 1. The van der Waals surface area contributed by atoms with Gasteiger partial charge in [0.1, 0.15) is 0 Å². The summed E-state index contributed by atoms with van der Waals surface area (Å²) in [6, 6.07) is 0. The number of carbonyl (C=O) groups is 1. The van der Waals surface area contributed by atoms with Gasteiger partial charge in [-0.15, -0.1) is 22.9 Å². The second kappa shape index (κ2) is 5.32. The van der Waals surface area contributed by atoms with Crippen LogP contribution in [-0.2, 0) is 11.3 Å². The average Bonchev–Trinajstić information content (AvgIpc) is 2.51. The summed E-state index contributed by atoms with van der Waals surface area (Å²) in [5, 5.41) is 3.00. The van der Waals surface area contributed by atoms with Gasteiger partial charge in [0.25, 0.3) is 0 Å². The molecule has 0 saturated heterocycles. The Morgan fingerprint density at radius 2 is 2.43 bits per heavy atom. The Hall–Kier alpha value is -0.610. The van der Waals surface area contributed by atoms with E-state index in [0.29, 0.717) is 18.8 Å². The van der Waals surface area contributed by atoms with Gasteiger partial charge in [-0.25, -0.2) is 4.98 Å². The van der Waals surface area contributed by atoms with Crippen molar-refractivity contribution in [3.8, 4) is 0 Å². The van der Waals surface area contributed by atoms with Gasteiger partial charge in [-0.05, 0) is 6.92 Å². The van der Waals surface area contributed by atoms with Crippen molar-refractivity contribution in [3.63, 3.8) is 0 Å². The molecule has 14 heavy (non-hydrogen) atoms. The summed E-state index contributed by atoms with van der Waals surface area (Å²) in [6.07, 6.45) is 0.390. The van der Waals surface area contributed by atoms with E-state index in [1.54, 1.807) is 23.3 Å². The van der Waals surface area contributed by atoms with E-state index in [9.17, 15) is 4.79 Å². The molecule has 1 rings (SSSR count). The Kier molecular flexibility index (Phi) is 4.35. The number of amides is 1. The highest BCUT2D eigenvalue weighted by molar-refractivity contribution is 7.09. The van der Waals surface area contributed by atoms with E-state index in [-0.39, 0.29) is 5.91 Å². The molecule has 5 heteroatoms.